The second kappa shape index (κ2) is 8.65. The number of anilines is 1. The van der Waals surface area contributed by atoms with Gasteiger partial charge in [0.2, 0.25) is 5.91 Å². The first-order valence-electron chi connectivity index (χ1n) is 11.5. The van der Waals surface area contributed by atoms with Crippen LogP contribution < -0.4 is 10.2 Å². The number of nitrogens with one attached hydrogen (secondary N) is 1. The van der Waals surface area contributed by atoms with Gasteiger partial charge in [-0.1, -0.05) is 19.1 Å². The lowest BCUT2D eigenvalue weighted by Gasteiger charge is -2.44. The first-order chi connectivity index (χ1) is 15.6. The van der Waals surface area contributed by atoms with Crippen molar-refractivity contribution < 1.29 is 19.1 Å². The van der Waals surface area contributed by atoms with E-state index >= 15 is 0 Å². The number of nitrogens with zero attached hydrogens (tertiary/aromatic N) is 3. The van der Waals surface area contributed by atoms with Crippen LogP contribution in [-0.4, -0.2) is 46.3 Å². The third-order valence-corrected chi connectivity index (χ3v) is 6.99. The van der Waals surface area contributed by atoms with Crippen molar-refractivity contribution in [1.29, 1.82) is 0 Å². The molecule has 2 aliphatic rings. The van der Waals surface area contributed by atoms with Gasteiger partial charge < -0.3 is 10.1 Å². The average Bonchev–Trinajstić information content (AvgIpc) is 3.21. The number of ether oxygens (including phenoxy) is 1. The highest BCUT2D eigenvalue weighted by Gasteiger charge is 2.50. The molecule has 2 heterocycles. The third-order valence-electron chi connectivity index (χ3n) is 6.99. The number of methoxy groups -OCH3 is 1. The molecule has 0 bridgehead atoms. The average molecular weight is 453 g/mol. The summed E-state index contributed by atoms with van der Waals surface area (Å²) < 4.78 is 6.24. The molecular weight excluding hydrogens is 420 g/mol. The van der Waals surface area contributed by atoms with E-state index in [-0.39, 0.29) is 35.8 Å². The van der Waals surface area contributed by atoms with Crippen LogP contribution in [-0.2, 0) is 16.1 Å². The Morgan fingerprint density at radius 1 is 1.15 bits per heavy atom. The van der Waals surface area contributed by atoms with Crippen molar-refractivity contribution in [1.82, 2.24) is 15.1 Å². The molecule has 1 saturated carbocycles. The molecule has 1 aromatic heterocycles. The summed E-state index contributed by atoms with van der Waals surface area (Å²) in [6, 6.07) is 7.38. The van der Waals surface area contributed by atoms with Crippen LogP contribution >= 0.6 is 0 Å². The first-order valence-corrected chi connectivity index (χ1v) is 11.5. The van der Waals surface area contributed by atoms with Crippen molar-refractivity contribution in [3.8, 4) is 0 Å². The molecule has 2 amide bonds. The van der Waals surface area contributed by atoms with Gasteiger partial charge in [-0.05, 0) is 69.6 Å². The Bertz CT molecular complexity index is 1100. The van der Waals surface area contributed by atoms with Gasteiger partial charge in [0, 0.05) is 17.8 Å². The predicted octanol–water partition coefficient (Wildman–Crippen LogP) is 3.40. The molecule has 4 rings (SSSR count). The fraction of sp³-hybridized carbons (Fsp3) is 0.520. The Morgan fingerprint density at radius 2 is 1.85 bits per heavy atom. The van der Waals surface area contributed by atoms with Gasteiger partial charge >= 0.3 is 5.97 Å². The second-order valence-corrected chi connectivity index (χ2v) is 9.70. The molecule has 1 aliphatic heterocycles. The summed E-state index contributed by atoms with van der Waals surface area (Å²) in [6.45, 7) is 8.02. The summed E-state index contributed by atoms with van der Waals surface area (Å²) in [6.07, 6.45) is 4.01. The molecule has 2 aromatic rings. The van der Waals surface area contributed by atoms with Crippen LogP contribution in [0.4, 0.5) is 5.69 Å². The van der Waals surface area contributed by atoms with Crippen molar-refractivity contribution in [2.24, 2.45) is 5.92 Å². The summed E-state index contributed by atoms with van der Waals surface area (Å²) >= 11 is 0. The van der Waals surface area contributed by atoms with E-state index in [0.717, 1.165) is 36.8 Å². The fourth-order valence-electron chi connectivity index (χ4n) is 4.87. The van der Waals surface area contributed by atoms with E-state index in [1.807, 2.05) is 32.0 Å². The zero-order valence-electron chi connectivity index (χ0n) is 20.0. The van der Waals surface area contributed by atoms with E-state index < -0.39 is 11.5 Å². The molecule has 1 fully saturated rings. The molecule has 0 radical (unpaired) electrons. The third kappa shape index (κ3) is 4.14. The van der Waals surface area contributed by atoms with Crippen LogP contribution in [0.3, 0.4) is 0 Å². The number of rotatable bonds is 4. The standard InChI is InChI=1S/C25H32N4O4/c1-15-7-10-18(11-8-15)26-24(32)25(4)14-28-21(13-19(27-28)23(31)33-5)22(30)29(25)20-12-16(2)6-9-17(20)3/h6,9,12-13,15,18H,7-8,10-11,14H2,1-5H3,(H,26,32)/t15?,18?,25-/m0/s1. The van der Waals surface area contributed by atoms with Crippen LogP contribution in [0.15, 0.2) is 24.3 Å². The SMILES string of the molecule is COC(=O)c1cc2n(n1)C[C@@](C)(C(=O)NC1CCC(C)CC1)N(c1cc(C)ccc1C)C2=O. The Morgan fingerprint density at radius 3 is 2.52 bits per heavy atom. The van der Waals surface area contributed by atoms with Gasteiger partial charge in [0.25, 0.3) is 5.91 Å². The highest BCUT2D eigenvalue weighted by atomic mass is 16.5. The molecule has 1 N–H and O–H groups in total. The molecule has 0 spiro atoms. The Kier molecular flexibility index (Phi) is 6.03. The number of carbonyl (C=O) groups is 3. The van der Waals surface area contributed by atoms with E-state index in [2.05, 4.69) is 17.3 Å². The zero-order valence-corrected chi connectivity index (χ0v) is 20.0. The summed E-state index contributed by atoms with van der Waals surface area (Å²) in [7, 11) is 1.27. The van der Waals surface area contributed by atoms with Crippen molar-refractivity contribution in [3.05, 3.63) is 46.8 Å². The Hall–Kier alpha value is -3.16. The second-order valence-electron chi connectivity index (χ2n) is 9.70. The molecule has 0 unspecified atom stereocenters. The number of hydrogen-bond donors (Lipinski definition) is 1. The van der Waals surface area contributed by atoms with Gasteiger partial charge in [-0.25, -0.2) is 4.79 Å². The van der Waals surface area contributed by atoms with Crippen molar-refractivity contribution >= 4 is 23.5 Å². The number of esters is 1. The first kappa shape index (κ1) is 23.0. The summed E-state index contributed by atoms with van der Waals surface area (Å²) in [5, 5.41) is 7.50. The molecule has 8 nitrogen and oxygen atoms in total. The highest BCUT2D eigenvalue weighted by molar-refractivity contribution is 6.12. The van der Waals surface area contributed by atoms with Gasteiger partial charge in [0.15, 0.2) is 5.69 Å². The largest absolute Gasteiger partial charge is 0.464 e. The van der Waals surface area contributed by atoms with Crippen LogP contribution in [0.2, 0.25) is 0 Å². The molecule has 8 heteroatoms. The van der Waals surface area contributed by atoms with E-state index in [1.165, 1.54) is 17.9 Å². The molecule has 1 aromatic carbocycles. The maximum absolute atomic E-state index is 13.8. The molecule has 0 saturated heterocycles. The molecular formula is C25H32N4O4. The predicted molar refractivity (Wildman–Crippen MR) is 124 cm³/mol. The van der Waals surface area contributed by atoms with Gasteiger partial charge in [-0.3, -0.25) is 19.2 Å². The molecule has 1 aliphatic carbocycles. The monoisotopic (exact) mass is 452 g/mol. The Balaban J connectivity index is 1.77. The van der Waals surface area contributed by atoms with Gasteiger partial charge in [0.05, 0.1) is 13.7 Å². The van der Waals surface area contributed by atoms with Crippen LogP contribution in [0, 0.1) is 19.8 Å². The van der Waals surface area contributed by atoms with E-state index in [4.69, 9.17) is 4.74 Å². The van der Waals surface area contributed by atoms with Crippen LogP contribution in [0.25, 0.3) is 0 Å². The lowest BCUT2D eigenvalue weighted by molar-refractivity contribution is -0.127. The van der Waals surface area contributed by atoms with Gasteiger partial charge in [0.1, 0.15) is 11.2 Å². The summed E-state index contributed by atoms with van der Waals surface area (Å²) in [4.78, 5) is 41.2. The van der Waals surface area contributed by atoms with Crippen LogP contribution in [0.5, 0.6) is 0 Å². The lowest BCUT2D eigenvalue weighted by Crippen LogP contribution is -2.65. The van der Waals surface area contributed by atoms with Crippen molar-refractivity contribution in [2.45, 2.75) is 71.5 Å². The normalized spacial score (nSPS) is 24.9. The number of carbonyl (C=O) groups excluding carboxylic acids is 3. The lowest BCUT2D eigenvalue weighted by atomic mass is 9.86. The minimum atomic E-state index is -1.22. The molecule has 176 valence electrons. The smallest absolute Gasteiger partial charge is 0.358 e. The number of benzene rings is 1. The number of aromatic nitrogens is 2. The fourth-order valence-corrected chi connectivity index (χ4v) is 4.87. The number of hydrogen-bond acceptors (Lipinski definition) is 5. The van der Waals surface area contributed by atoms with E-state index in [9.17, 15) is 14.4 Å². The topological polar surface area (TPSA) is 93.5 Å². The van der Waals surface area contributed by atoms with E-state index in [0.29, 0.717) is 11.6 Å². The highest BCUT2D eigenvalue weighted by Crippen LogP contribution is 2.36. The van der Waals surface area contributed by atoms with Gasteiger partial charge in [-0.15, -0.1) is 0 Å². The number of fused-ring (bicyclic) bond motifs is 1. The minimum absolute atomic E-state index is 0.0488. The number of amides is 2. The summed E-state index contributed by atoms with van der Waals surface area (Å²) in [5.74, 6) is -0.533. The van der Waals surface area contributed by atoms with E-state index in [1.54, 1.807) is 11.8 Å². The maximum atomic E-state index is 13.8. The quantitative estimate of drug-likeness (QED) is 0.718. The molecule has 33 heavy (non-hydrogen) atoms. The molecule has 1 atom stereocenters. The van der Waals surface area contributed by atoms with Crippen molar-refractivity contribution in [3.63, 3.8) is 0 Å². The summed E-state index contributed by atoms with van der Waals surface area (Å²) in [5.41, 5.74) is 1.65. The van der Waals surface area contributed by atoms with Crippen LogP contribution in [0.1, 0.15) is 71.6 Å². The minimum Gasteiger partial charge on any atom is -0.464 e. The van der Waals surface area contributed by atoms with Gasteiger partial charge in [-0.2, -0.15) is 5.10 Å². The number of aryl methyl sites for hydroxylation is 2. The van der Waals surface area contributed by atoms with Crippen molar-refractivity contribution in [2.75, 3.05) is 12.0 Å². The zero-order chi connectivity index (χ0) is 23.9. The Labute approximate surface area is 194 Å². The maximum Gasteiger partial charge on any atom is 0.358 e.